The molecule has 0 aliphatic carbocycles. The van der Waals surface area contributed by atoms with E-state index in [1.807, 2.05) is 0 Å². The highest BCUT2D eigenvalue weighted by Gasteiger charge is 2.27. The number of rotatable bonds is 3. The topological polar surface area (TPSA) is 109 Å². The lowest BCUT2D eigenvalue weighted by Crippen LogP contribution is -2.45. The van der Waals surface area contributed by atoms with Gasteiger partial charge in [0.05, 0.1) is 11.7 Å². The number of hydrogen-bond donors (Lipinski definition) is 2. The summed E-state index contributed by atoms with van der Waals surface area (Å²) in [5.74, 6) is 0.987. The molecule has 0 spiro atoms. The smallest absolute Gasteiger partial charge is 0.323 e. The van der Waals surface area contributed by atoms with E-state index in [4.69, 9.17) is 14.0 Å². The molecule has 3 rings (SSSR count). The molecule has 1 aliphatic rings. The van der Waals surface area contributed by atoms with Crippen molar-refractivity contribution in [3.05, 3.63) is 35.2 Å². The highest BCUT2D eigenvalue weighted by atomic mass is 16.5. The number of aryl methyl sites for hydroxylation is 2. The molecule has 2 N–H and O–H groups in total. The number of carbonyl (C=O) groups excluding carboxylic acids is 2. The monoisotopic (exact) mass is 473 g/mol. The van der Waals surface area contributed by atoms with E-state index < -0.39 is 6.03 Å². The Kier molecular flexibility index (Phi) is 8.16. The van der Waals surface area contributed by atoms with Crippen molar-refractivity contribution >= 4 is 23.3 Å². The fourth-order valence-corrected chi connectivity index (χ4v) is 3.97. The van der Waals surface area contributed by atoms with Crippen LogP contribution in [0.2, 0.25) is 0 Å². The summed E-state index contributed by atoms with van der Waals surface area (Å²) in [6.45, 7) is 9.34. The molecule has 2 heterocycles. The summed E-state index contributed by atoms with van der Waals surface area (Å²) >= 11 is 0. The van der Waals surface area contributed by atoms with Gasteiger partial charge in [0.1, 0.15) is 23.7 Å². The number of amides is 3. The minimum absolute atomic E-state index is 0.116. The SMILES string of the molecule is CO[C@@H]1CN(C)C(=O)c2cc(NC(=O)Nc3c(C)noc3C)ccc2OC[C@@H](C)N(C)C[C@@H]1C. The van der Waals surface area contributed by atoms with E-state index in [0.717, 1.165) is 6.54 Å². The molecule has 1 aliphatic heterocycles. The number of aromatic nitrogens is 1. The first-order chi connectivity index (χ1) is 16.1. The maximum absolute atomic E-state index is 13.4. The fourth-order valence-electron chi connectivity index (χ4n) is 3.97. The second-order valence-corrected chi connectivity index (χ2v) is 9.03. The number of methoxy groups -OCH3 is 1. The number of anilines is 2. The second-order valence-electron chi connectivity index (χ2n) is 9.03. The first-order valence-corrected chi connectivity index (χ1v) is 11.4. The predicted octanol–water partition coefficient (Wildman–Crippen LogP) is 3.37. The molecule has 2 aromatic rings. The number of urea groups is 1. The van der Waals surface area contributed by atoms with Crippen LogP contribution in [0.25, 0.3) is 0 Å². The van der Waals surface area contributed by atoms with Crippen LogP contribution in [-0.2, 0) is 4.74 Å². The summed E-state index contributed by atoms with van der Waals surface area (Å²) in [5, 5.41) is 9.34. The first kappa shape index (κ1) is 25.5. The normalized spacial score (nSPS) is 22.3. The van der Waals surface area contributed by atoms with Gasteiger partial charge in [-0.25, -0.2) is 4.79 Å². The molecule has 3 amide bonds. The van der Waals surface area contributed by atoms with Crippen molar-refractivity contribution in [1.82, 2.24) is 15.0 Å². The highest BCUT2D eigenvalue weighted by molar-refractivity contribution is 6.02. The van der Waals surface area contributed by atoms with Crippen molar-refractivity contribution < 1.29 is 23.6 Å². The van der Waals surface area contributed by atoms with Crippen LogP contribution in [0.5, 0.6) is 5.75 Å². The van der Waals surface area contributed by atoms with Gasteiger partial charge in [0.2, 0.25) is 0 Å². The zero-order chi connectivity index (χ0) is 25.0. The summed E-state index contributed by atoms with van der Waals surface area (Å²) in [6.07, 6.45) is -0.116. The van der Waals surface area contributed by atoms with Gasteiger partial charge in [0, 0.05) is 39.0 Å². The molecule has 10 nitrogen and oxygen atoms in total. The van der Waals surface area contributed by atoms with Crippen LogP contribution in [0.3, 0.4) is 0 Å². The number of fused-ring (bicyclic) bond motifs is 1. The van der Waals surface area contributed by atoms with Crippen molar-refractivity contribution in [2.45, 2.75) is 39.8 Å². The van der Waals surface area contributed by atoms with Gasteiger partial charge in [0.25, 0.3) is 5.91 Å². The van der Waals surface area contributed by atoms with E-state index in [1.165, 1.54) is 0 Å². The second kappa shape index (κ2) is 10.9. The fraction of sp³-hybridized carbons (Fsp3) is 0.542. The van der Waals surface area contributed by atoms with Crippen molar-refractivity contribution in [3.8, 4) is 5.75 Å². The molecule has 10 heteroatoms. The Labute approximate surface area is 200 Å². The molecule has 0 radical (unpaired) electrons. The molecular formula is C24H35N5O5. The Morgan fingerprint density at radius 1 is 1.18 bits per heavy atom. The minimum atomic E-state index is -0.465. The molecule has 1 aromatic carbocycles. The molecule has 0 saturated heterocycles. The van der Waals surface area contributed by atoms with Gasteiger partial charge in [-0.3, -0.25) is 9.69 Å². The lowest BCUT2D eigenvalue weighted by atomic mass is 10.0. The van der Waals surface area contributed by atoms with Crippen molar-refractivity contribution in [2.75, 3.05) is 51.5 Å². The molecule has 0 saturated carbocycles. The van der Waals surface area contributed by atoms with Gasteiger partial charge in [0.15, 0.2) is 5.76 Å². The van der Waals surface area contributed by atoms with Gasteiger partial charge < -0.3 is 29.5 Å². The number of ether oxygens (including phenoxy) is 2. The largest absolute Gasteiger partial charge is 0.491 e. The van der Waals surface area contributed by atoms with Gasteiger partial charge in [-0.2, -0.15) is 0 Å². The van der Waals surface area contributed by atoms with E-state index in [1.54, 1.807) is 51.1 Å². The number of benzene rings is 1. The van der Waals surface area contributed by atoms with E-state index in [-0.39, 0.29) is 24.0 Å². The molecule has 34 heavy (non-hydrogen) atoms. The Balaban J connectivity index is 1.86. The van der Waals surface area contributed by atoms with Gasteiger partial charge in [-0.15, -0.1) is 0 Å². The molecule has 0 bridgehead atoms. The lowest BCUT2D eigenvalue weighted by Gasteiger charge is -2.34. The number of carbonyl (C=O) groups is 2. The van der Waals surface area contributed by atoms with Crippen LogP contribution in [0, 0.1) is 19.8 Å². The average Bonchev–Trinajstić information content (AvgIpc) is 3.11. The highest BCUT2D eigenvalue weighted by Crippen LogP contribution is 2.27. The molecular weight excluding hydrogens is 438 g/mol. The Hall–Kier alpha value is -3.11. The van der Waals surface area contributed by atoms with E-state index in [0.29, 0.717) is 47.3 Å². The Bertz CT molecular complexity index is 1000. The van der Waals surface area contributed by atoms with Crippen molar-refractivity contribution in [3.63, 3.8) is 0 Å². The lowest BCUT2D eigenvalue weighted by molar-refractivity contribution is 0.0150. The molecule has 1 aromatic heterocycles. The molecule has 3 atom stereocenters. The zero-order valence-corrected chi connectivity index (χ0v) is 21.0. The van der Waals surface area contributed by atoms with Gasteiger partial charge in [-0.05, 0) is 51.9 Å². The summed E-state index contributed by atoms with van der Waals surface area (Å²) in [4.78, 5) is 29.8. The molecule has 186 valence electrons. The number of nitrogens with zero attached hydrogens (tertiary/aromatic N) is 3. The predicted molar refractivity (Wildman–Crippen MR) is 130 cm³/mol. The summed E-state index contributed by atoms with van der Waals surface area (Å²) < 4.78 is 16.9. The van der Waals surface area contributed by atoms with Crippen LogP contribution >= 0.6 is 0 Å². The van der Waals surface area contributed by atoms with Gasteiger partial charge in [-0.1, -0.05) is 12.1 Å². The maximum Gasteiger partial charge on any atom is 0.323 e. The van der Waals surface area contributed by atoms with E-state index >= 15 is 0 Å². The third-order valence-electron chi connectivity index (χ3n) is 6.29. The summed E-state index contributed by atoms with van der Waals surface area (Å²) in [7, 11) is 5.47. The molecule has 0 unspecified atom stereocenters. The third kappa shape index (κ3) is 5.87. The number of hydrogen-bond acceptors (Lipinski definition) is 7. The third-order valence-corrected chi connectivity index (χ3v) is 6.29. The molecule has 0 fully saturated rings. The zero-order valence-electron chi connectivity index (χ0n) is 21.0. The standard InChI is InChI=1S/C24H35N5O5/c1-14-11-28(5)15(2)13-33-20-9-8-18(10-19(20)23(30)29(6)12-21(14)32-7)25-24(31)26-22-16(3)27-34-17(22)4/h8-10,14-15,21H,11-13H2,1-7H3,(H2,25,26,31)/t14-,15+,21+/m0/s1. The summed E-state index contributed by atoms with van der Waals surface area (Å²) in [5.41, 5.74) is 1.93. The quantitative estimate of drug-likeness (QED) is 0.703. The minimum Gasteiger partial charge on any atom is -0.491 e. The Morgan fingerprint density at radius 3 is 2.56 bits per heavy atom. The van der Waals surface area contributed by atoms with Crippen LogP contribution in [0.15, 0.2) is 22.7 Å². The maximum atomic E-state index is 13.4. The average molecular weight is 474 g/mol. The van der Waals surface area contributed by atoms with Crippen LogP contribution < -0.4 is 15.4 Å². The Morgan fingerprint density at radius 2 is 1.91 bits per heavy atom. The van der Waals surface area contributed by atoms with Crippen LogP contribution in [-0.4, -0.2) is 79.9 Å². The summed E-state index contributed by atoms with van der Waals surface area (Å²) in [6, 6.07) is 4.72. The van der Waals surface area contributed by atoms with Crippen LogP contribution in [0.4, 0.5) is 16.2 Å². The van der Waals surface area contributed by atoms with E-state index in [2.05, 4.69) is 41.6 Å². The number of nitrogens with one attached hydrogen (secondary N) is 2. The van der Waals surface area contributed by atoms with Crippen molar-refractivity contribution in [2.24, 2.45) is 5.92 Å². The van der Waals surface area contributed by atoms with Crippen LogP contribution in [0.1, 0.15) is 35.7 Å². The van der Waals surface area contributed by atoms with Crippen molar-refractivity contribution in [1.29, 1.82) is 0 Å². The van der Waals surface area contributed by atoms with Gasteiger partial charge >= 0.3 is 6.03 Å². The van der Waals surface area contributed by atoms with E-state index in [9.17, 15) is 9.59 Å². The first-order valence-electron chi connectivity index (χ1n) is 11.4. The number of likely N-dealkylation sites (N-methyl/N-ethyl adjacent to an activating group) is 2.